The quantitative estimate of drug-likeness (QED) is 0.765. The third-order valence-corrected chi connectivity index (χ3v) is 2.62. The van der Waals surface area contributed by atoms with Crippen molar-refractivity contribution < 1.29 is 9.13 Å². The number of nitrogens with one attached hydrogen (secondary N) is 1. The highest BCUT2D eigenvalue weighted by Crippen LogP contribution is 2.20. The fourth-order valence-electron chi connectivity index (χ4n) is 1.78. The van der Waals surface area contributed by atoms with Crippen LogP contribution in [0.1, 0.15) is 18.6 Å². The zero-order valence-electron chi connectivity index (χ0n) is 8.87. The minimum atomic E-state index is -0.201. The van der Waals surface area contributed by atoms with E-state index in [1.54, 1.807) is 12.1 Å². The summed E-state index contributed by atoms with van der Waals surface area (Å²) in [5.74, 6) is 0.317. The third-order valence-electron chi connectivity index (χ3n) is 2.62. The lowest BCUT2D eigenvalue weighted by atomic mass is 10.1. The largest absolute Gasteiger partial charge is 0.372 e. The summed E-state index contributed by atoms with van der Waals surface area (Å²) in [5, 5.41) is 3.32. The van der Waals surface area contributed by atoms with E-state index in [4.69, 9.17) is 4.74 Å². The van der Waals surface area contributed by atoms with Crippen molar-refractivity contribution >= 4 is 0 Å². The van der Waals surface area contributed by atoms with Crippen LogP contribution in [0, 0.1) is 11.7 Å². The van der Waals surface area contributed by atoms with Gasteiger partial charge >= 0.3 is 0 Å². The van der Waals surface area contributed by atoms with E-state index >= 15 is 0 Å². The molecular weight excluding hydrogens is 193 g/mol. The second kappa shape index (κ2) is 4.73. The van der Waals surface area contributed by atoms with Crippen LogP contribution in [0.4, 0.5) is 4.39 Å². The highest BCUT2D eigenvalue weighted by Gasteiger charge is 2.17. The maximum Gasteiger partial charge on any atom is 0.123 e. The number of hydrogen-bond acceptors (Lipinski definition) is 2. The molecule has 82 valence electrons. The molecule has 0 saturated carbocycles. The Labute approximate surface area is 89.4 Å². The van der Waals surface area contributed by atoms with Gasteiger partial charge in [0.05, 0.1) is 12.7 Å². The van der Waals surface area contributed by atoms with Crippen LogP contribution in [0.2, 0.25) is 0 Å². The van der Waals surface area contributed by atoms with E-state index in [-0.39, 0.29) is 11.9 Å². The molecule has 2 rings (SSSR count). The molecule has 2 atom stereocenters. The predicted octanol–water partition coefficient (Wildman–Crippen LogP) is 2.12. The van der Waals surface area contributed by atoms with Crippen LogP contribution in [0.5, 0.6) is 0 Å². The summed E-state index contributed by atoms with van der Waals surface area (Å²) in [6.07, 6.45) is -0.0225. The Bertz CT molecular complexity index is 329. The zero-order chi connectivity index (χ0) is 10.7. The Morgan fingerprint density at radius 3 is 3.07 bits per heavy atom. The number of ether oxygens (including phenoxy) is 1. The number of halogens is 1. The molecule has 15 heavy (non-hydrogen) atoms. The fraction of sp³-hybridized carbons (Fsp3) is 0.500. The molecule has 0 aromatic heterocycles. The summed E-state index contributed by atoms with van der Waals surface area (Å²) >= 11 is 0. The van der Waals surface area contributed by atoms with Gasteiger partial charge in [0.1, 0.15) is 5.82 Å². The predicted molar refractivity (Wildman–Crippen MR) is 57.1 cm³/mol. The van der Waals surface area contributed by atoms with Crippen molar-refractivity contribution in [3.05, 3.63) is 35.6 Å². The molecule has 0 bridgehead atoms. The monoisotopic (exact) mass is 209 g/mol. The second-order valence-electron chi connectivity index (χ2n) is 4.14. The van der Waals surface area contributed by atoms with Crippen LogP contribution >= 0.6 is 0 Å². The van der Waals surface area contributed by atoms with Gasteiger partial charge in [-0.3, -0.25) is 0 Å². The smallest absolute Gasteiger partial charge is 0.123 e. The van der Waals surface area contributed by atoms with E-state index in [0.29, 0.717) is 5.92 Å². The van der Waals surface area contributed by atoms with Crippen molar-refractivity contribution in [2.24, 2.45) is 5.92 Å². The first kappa shape index (κ1) is 10.6. The third kappa shape index (κ3) is 2.76. The molecule has 0 radical (unpaired) electrons. The average Bonchev–Trinajstić information content (AvgIpc) is 2.43. The van der Waals surface area contributed by atoms with Gasteiger partial charge in [0.25, 0.3) is 0 Å². The normalized spacial score (nSPS) is 27.3. The van der Waals surface area contributed by atoms with E-state index in [0.717, 1.165) is 25.3 Å². The van der Waals surface area contributed by atoms with Gasteiger partial charge in [-0.05, 0) is 23.6 Å². The van der Waals surface area contributed by atoms with Gasteiger partial charge in [0.2, 0.25) is 0 Å². The molecule has 0 amide bonds. The van der Waals surface area contributed by atoms with E-state index in [1.165, 1.54) is 6.07 Å². The van der Waals surface area contributed by atoms with E-state index in [9.17, 15) is 4.39 Å². The Morgan fingerprint density at radius 1 is 1.40 bits per heavy atom. The Kier molecular flexibility index (Phi) is 3.34. The minimum absolute atomic E-state index is 0.0225. The summed E-state index contributed by atoms with van der Waals surface area (Å²) in [6.45, 7) is 4.59. The summed E-state index contributed by atoms with van der Waals surface area (Å²) in [4.78, 5) is 0. The number of rotatable bonds is 1. The lowest BCUT2D eigenvalue weighted by molar-refractivity contribution is 0.0513. The number of hydrogen-bond donors (Lipinski definition) is 1. The number of benzene rings is 1. The second-order valence-corrected chi connectivity index (χ2v) is 4.14. The molecule has 1 aromatic rings. The summed E-state index contributed by atoms with van der Waals surface area (Å²) in [6, 6.07) is 6.63. The van der Waals surface area contributed by atoms with Crippen molar-refractivity contribution in [2.75, 3.05) is 19.7 Å². The van der Waals surface area contributed by atoms with Crippen LogP contribution < -0.4 is 5.32 Å². The maximum absolute atomic E-state index is 13.0. The van der Waals surface area contributed by atoms with Crippen molar-refractivity contribution in [1.29, 1.82) is 0 Å². The maximum atomic E-state index is 13.0. The molecule has 1 aliphatic heterocycles. The molecule has 2 nitrogen and oxygen atoms in total. The Morgan fingerprint density at radius 2 is 2.27 bits per heavy atom. The molecular formula is C12H16FNO. The first-order chi connectivity index (χ1) is 7.25. The Balaban J connectivity index is 2.09. The van der Waals surface area contributed by atoms with Gasteiger partial charge in [0.15, 0.2) is 0 Å². The van der Waals surface area contributed by atoms with Crippen LogP contribution in [-0.4, -0.2) is 19.7 Å². The van der Waals surface area contributed by atoms with Crippen molar-refractivity contribution in [2.45, 2.75) is 13.0 Å². The van der Waals surface area contributed by atoms with Gasteiger partial charge in [0, 0.05) is 13.1 Å². The van der Waals surface area contributed by atoms with Crippen LogP contribution in [-0.2, 0) is 4.74 Å². The van der Waals surface area contributed by atoms with Crippen molar-refractivity contribution in [1.82, 2.24) is 5.32 Å². The minimum Gasteiger partial charge on any atom is -0.372 e. The van der Waals surface area contributed by atoms with E-state index in [2.05, 4.69) is 12.2 Å². The molecule has 1 aromatic carbocycles. The molecule has 1 saturated heterocycles. The molecule has 1 aliphatic rings. The summed E-state index contributed by atoms with van der Waals surface area (Å²) in [7, 11) is 0. The molecule has 1 fully saturated rings. The van der Waals surface area contributed by atoms with E-state index in [1.807, 2.05) is 6.07 Å². The van der Waals surface area contributed by atoms with Crippen LogP contribution in [0.15, 0.2) is 24.3 Å². The molecule has 0 aliphatic carbocycles. The zero-order valence-corrected chi connectivity index (χ0v) is 8.87. The molecule has 0 spiro atoms. The van der Waals surface area contributed by atoms with Crippen molar-refractivity contribution in [3.63, 3.8) is 0 Å². The SMILES string of the molecule is CC1CNCC(c2cccc(F)c2)OC1. The highest BCUT2D eigenvalue weighted by molar-refractivity contribution is 5.19. The van der Waals surface area contributed by atoms with Crippen LogP contribution in [0.25, 0.3) is 0 Å². The van der Waals surface area contributed by atoms with Gasteiger partial charge in [-0.2, -0.15) is 0 Å². The first-order valence-corrected chi connectivity index (χ1v) is 5.33. The van der Waals surface area contributed by atoms with Crippen molar-refractivity contribution in [3.8, 4) is 0 Å². The lowest BCUT2D eigenvalue weighted by Gasteiger charge is -2.15. The molecule has 2 unspecified atom stereocenters. The standard InChI is InChI=1S/C12H16FNO/c1-9-6-14-7-12(15-8-9)10-3-2-4-11(13)5-10/h2-5,9,12,14H,6-8H2,1H3. The van der Waals surface area contributed by atoms with E-state index < -0.39 is 0 Å². The first-order valence-electron chi connectivity index (χ1n) is 5.33. The van der Waals surface area contributed by atoms with Gasteiger partial charge < -0.3 is 10.1 Å². The average molecular weight is 209 g/mol. The van der Waals surface area contributed by atoms with Gasteiger partial charge in [-0.25, -0.2) is 4.39 Å². The molecule has 1 heterocycles. The topological polar surface area (TPSA) is 21.3 Å². The lowest BCUT2D eigenvalue weighted by Crippen LogP contribution is -2.22. The summed E-state index contributed by atoms with van der Waals surface area (Å²) < 4.78 is 18.8. The fourth-order valence-corrected chi connectivity index (χ4v) is 1.78. The summed E-state index contributed by atoms with van der Waals surface area (Å²) in [5.41, 5.74) is 0.914. The Hall–Kier alpha value is -0.930. The molecule has 3 heteroatoms. The van der Waals surface area contributed by atoms with Gasteiger partial charge in [-0.1, -0.05) is 19.1 Å². The van der Waals surface area contributed by atoms with Crippen LogP contribution in [0.3, 0.4) is 0 Å². The highest BCUT2D eigenvalue weighted by atomic mass is 19.1. The van der Waals surface area contributed by atoms with Gasteiger partial charge in [-0.15, -0.1) is 0 Å². The molecule has 1 N–H and O–H groups in total.